The van der Waals surface area contributed by atoms with Gasteiger partial charge in [0.05, 0.1) is 23.2 Å². The summed E-state index contributed by atoms with van der Waals surface area (Å²) in [7, 11) is 0. The highest BCUT2D eigenvalue weighted by molar-refractivity contribution is 5.95. The van der Waals surface area contributed by atoms with Crippen LogP contribution in [0, 0.1) is 11.7 Å². The molecule has 0 spiro atoms. The van der Waals surface area contributed by atoms with Gasteiger partial charge in [0.2, 0.25) is 11.8 Å². The predicted molar refractivity (Wildman–Crippen MR) is 210 cm³/mol. The maximum absolute atomic E-state index is 15.0. The number of H-pyrrole nitrogens is 1. The molecule has 1 aromatic heterocycles. The molecular weight excluding hydrogens is 719 g/mol. The first-order chi connectivity index (χ1) is 26.6. The lowest BCUT2D eigenvalue weighted by molar-refractivity contribution is -0.139. The number of fused-ring (bicyclic) bond motifs is 1. The van der Waals surface area contributed by atoms with Gasteiger partial charge in [0.15, 0.2) is 0 Å². The number of rotatable bonds is 9. The van der Waals surface area contributed by atoms with Crippen LogP contribution in [0.25, 0.3) is 10.8 Å². The average Bonchev–Trinajstić information content (AvgIpc) is 3.16. The molecule has 3 aromatic rings. The molecule has 14 nitrogen and oxygen atoms in total. The van der Waals surface area contributed by atoms with Crippen molar-refractivity contribution in [1.82, 2.24) is 40.0 Å². The molecule has 0 aliphatic carbocycles. The Morgan fingerprint density at radius 2 is 1.45 bits per heavy atom. The summed E-state index contributed by atoms with van der Waals surface area (Å²) in [6, 6.07) is 11.6. The maximum Gasteiger partial charge on any atom is 0.408 e. The minimum absolute atomic E-state index is 0.0224. The highest BCUT2D eigenvalue weighted by Crippen LogP contribution is 2.23. The van der Waals surface area contributed by atoms with Gasteiger partial charge in [0.1, 0.15) is 17.0 Å². The number of piperazine rings is 2. The van der Waals surface area contributed by atoms with Crippen LogP contribution in [0.3, 0.4) is 0 Å². The Hall–Kier alpha value is -4.89. The fraction of sp³-hybridized carbons (Fsp3) is 0.561. The first-order valence-electron chi connectivity index (χ1n) is 19.6. The fourth-order valence-electron chi connectivity index (χ4n) is 7.80. The summed E-state index contributed by atoms with van der Waals surface area (Å²) in [5.74, 6) is -0.597. The molecule has 4 heterocycles. The van der Waals surface area contributed by atoms with Crippen LogP contribution >= 0.6 is 0 Å². The smallest absolute Gasteiger partial charge is 0.408 e. The quantitative estimate of drug-likeness (QED) is 0.335. The zero-order valence-electron chi connectivity index (χ0n) is 33.2. The van der Waals surface area contributed by atoms with Crippen molar-refractivity contribution >= 4 is 34.6 Å². The Bertz CT molecular complexity index is 1970. The van der Waals surface area contributed by atoms with E-state index in [0.29, 0.717) is 80.2 Å². The number of alkyl carbamates (subject to hydrolysis) is 1. The minimum atomic E-state index is -1.07. The third-order valence-corrected chi connectivity index (χ3v) is 10.9. The van der Waals surface area contributed by atoms with Crippen molar-refractivity contribution in [3.8, 4) is 0 Å². The van der Waals surface area contributed by atoms with E-state index in [1.807, 2.05) is 17.0 Å². The number of benzene rings is 2. The van der Waals surface area contributed by atoms with E-state index < -0.39 is 29.0 Å². The number of aromatic amines is 1. The molecule has 3 aliphatic rings. The van der Waals surface area contributed by atoms with Crippen molar-refractivity contribution in [2.75, 3.05) is 78.5 Å². The number of carbonyl (C=O) groups is 4. The number of piperidine rings is 1. The van der Waals surface area contributed by atoms with Gasteiger partial charge in [0, 0.05) is 70.7 Å². The van der Waals surface area contributed by atoms with Crippen molar-refractivity contribution in [3.63, 3.8) is 0 Å². The summed E-state index contributed by atoms with van der Waals surface area (Å²) in [6.07, 6.45) is 1.68. The van der Waals surface area contributed by atoms with Crippen LogP contribution in [0.4, 0.5) is 9.18 Å². The number of halogens is 1. The summed E-state index contributed by atoms with van der Waals surface area (Å²) in [5, 5.41) is 10.7. The second kappa shape index (κ2) is 17.1. The molecule has 3 aliphatic heterocycles. The molecule has 2 N–H and O–H groups in total. The van der Waals surface area contributed by atoms with Gasteiger partial charge in [-0.3, -0.25) is 29.0 Å². The molecule has 3 saturated heterocycles. The average molecular weight is 775 g/mol. The lowest BCUT2D eigenvalue weighted by Gasteiger charge is -2.41. The molecule has 0 bridgehead atoms. The Labute approximate surface area is 327 Å². The number of hydrogen-bond donors (Lipinski definition) is 2. The molecule has 2 aromatic carbocycles. The van der Waals surface area contributed by atoms with Crippen LogP contribution in [0.1, 0.15) is 69.1 Å². The second-order valence-electron chi connectivity index (χ2n) is 16.8. The summed E-state index contributed by atoms with van der Waals surface area (Å²) < 4.78 is 20.3. The van der Waals surface area contributed by atoms with Gasteiger partial charge >= 0.3 is 6.09 Å². The number of carbonyl (C=O) groups excluding carboxylic acids is 4. The van der Waals surface area contributed by atoms with E-state index in [1.165, 1.54) is 6.07 Å². The molecule has 4 amide bonds. The fourth-order valence-corrected chi connectivity index (χ4v) is 7.80. The van der Waals surface area contributed by atoms with E-state index in [-0.39, 0.29) is 22.9 Å². The van der Waals surface area contributed by atoms with E-state index in [4.69, 9.17) is 4.74 Å². The molecule has 6 rings (SSSR count). The van der Waals surface area contributed by atoms with Crippen LogP contribution in [0.5, 0.6) is 0 Å². The largest absolute Gasteiger partial charge is 0.444 e. The van der Waals surface area contributed by atoms with Gasteiger partial charge in [-0.2, -0.15) is 5.10 Å². The molecule has 0 unspecified atom stereocenters. The lowest BCUT2D eigenvalue weighted by atomic mass is 9.95. The summed E-state index contributed by atoms with van der Waals surface area (Å²) in [6.45, 7) is 15.8. The Balaban J connectivity index is 0.910. The number of amides is 4. The number of nitrogens with one attached hydrogen (secondary N) is 2. The zero-order valence-corrected chi connectivity index (χ0v) is 33.2. The Morgan fingerprint density at radius 3 is 2.11 bits per heavy atom. The van der Waals surface area contributed by atoms with E-state index in [0.717, 1.165) is 45.6 Å². The van der Waals surface area contributed by atoms with Gasteiger partial charge < -0.3 is 24.8 Å². The number of ether oxygens (including phenoxy) is 1. The van der Waals surface area contributed by atoms with E-state index >= 15 is 0 Å². The lowest BCUT2D eigenvalue weighted by Crippen LogP contribution is -2.60. The number of aromatic nitrogens is 2. The molecule has 56 heavy (non-hydrogen) atoms. The van der Waals surface area contributed by atoms with Gasteiger partial charge in [-0.15, -0.1) is 0 Å². The van der Waals surface area contributed by atoms with Crippen molar-refractivity contribution in [3.05, 3.63) is 75.5 Å². The maximum atomic E-state index is 15.0. The van der Waals surface area contributed by atoms with Crippen LogP contribution in [-0.2, 0) is 20.7 Å². The van der Waals surface area contributed by atoms with Crippen molar-refractivity contribution < 1.29 is 28.3 Å². The predicted octanol–water partition coefficient (Wildman–Crippen LogP) is 3.10. The summed E-state index contributed by atoms with van der Waals surface area (Å²) in [5.41, 5.74) is -0.705. The first kappa shape index (κ1) is 40.8. The number of likely N-dealkylation sites (tertiary alicyclic amines) is 1. The first-order valence-corrected chi connectivity index (χ1v) is 19.6. The van der Waals surface area contributed by atoms with Gasteiger partial charge in [-0.05, 0) is 90.2 Å². The van der Waals surface area contributed by atoms with Crippen LogP contribution < -0.4 is 10.9 Å². The van der Waals surface area contributed by atoms with E-state index in [9.17, 15) is 28.4 Å². The molecule has 0 radical (unpaired) electrons. The SMILES string of the molecule is CC(C)(C)OC(=O)NC(C)(C)C(=O)N1CCN(CC2CCN(CC(=O)N3CCN(C(=O)c4cc(Cc5n[nH]c(=O)c6ccccc56)ccc4F)CC3)CC2)CC1. The third kappa shape index (κ3) is 10.1. The Morgan fingerprint density at radius 1 is 0.821 bits per heavy atom. The number of nitrogens with zero attached hydrogens (tertiary/aromatic N) is 6. The summed E-state index contributed by atoms with van der Waals surface area (Å²) in [4.78, 5) is 74.3. The highest BCUT2D eigenvalue weighted by Gasteiger charge is 2.37. The normalized spacial score (nSPS) is 17.9. The van der Waals surface area contributed by atoms with Crippen LogP contribution in [-0.4, -0.2) is 148 Å². The molecular formula is C41H55FN8O6. The monoisotopic (exact) mass is 774 g/mol. The molecule has 15 heteroatoms. The summed E-state index contributed by atoms with van der Waals surface area (Å²) >= 11 is 0. The van der Waals surface area contributed by atoms with Crippen LogP contribution in [0.15, 0.2) is 47.3 Å². The number of hydrogen-bond acceptors (Lipinski definition) is 9. The van der Waals surface area contributed by atoms with E-state index in [1.54, 1.807) is 68.7 Å². The standard InChI is InChI=1S/C41H55FN8O6/c1-40(2,3)56-39(55)43-41(4,5)38(54)50-18-16-47(17-19-50)26-28-12-14-46(15-13-28)27-35(51)48-20-22-49(23-21-48)37(53)32-24-29(10-11-33(32)42)25-34-30-8-6-7-9-31(30)36(52)45-44-34/h6-11,24,28H,12-23,25-27H2,1-5H3,(H,43,55)(H,45,52). The molecule has 302 valence electrons. The van der Waals surface area contributed by atoms with Gasteiger partial charge in [-0.25, -0.2) is 14.3 Å². The highest BCUT2D eigenvalue weighted by atomic mass is 19.1. The van der Waals surface area contributed by atoms with Crippen molar-refractivity contribution in [2.24, 2.45) is 5.92 Å². The topological polar surface area (TPSA) is 151 Å². The van der Waals surface area contributed by atoms with E-state index in [2.05, 4.69) is 25.3 Å². The molecule has 0 atom stereocenters. The third-order valence-electron chi connectivity index (χ3n) is 10.9. The van der Waals surface area contributed by atoms with Gasteiger partial charge in [-0.1, -0.05) is 24.3 Å². The molecule has 0 saturated carbocycles. The zero-order chi connectivity index (χ0) is 40.2. The van der Waals surface area contributed by atoms with Gasteiger partial charge in [0.25, 0.3) is 11.5 Å². The second-order valence-corrected chi connectivity index (χ2v) is 16.8. The Kier molecular flexibility index (Phi) is 12.4. The van der Waals surface area contributed by atoms with Crippen molar-refractivity contribution in [2.45, 2.75) is 65.0 Å². The molecule has 3 fully saturated rings. The van der Waals surface area contributed by atoms with Crippen molar-refractivity contribution in [1.29, 1.82) is 0 Å². The minimum Gasteiger partial charge on any atom is -0.444 e. The van der Waals surface area contributed by atoms with Crippen LogP contribution in [0.2, 0.25) is 0 Å².